The molecule has 0 amide bonds. The summed E-state index contributed by atoms with van der Waals surface area (Å²) in [4.78, 5) is 5.08. The number of phenolic OH excluding ortho intramolecular Hbond substituents is 1. The lowest BCUT2D eigenvalue weighted by atomic mass is 9.98. The predicted molar refractivity (Wildman–Crippen MR) is 136 cm³/mol. The Kier molecular flexibility index (Phi) is 12.0. The van der Waals surface area contributed by atoms with E-state index in [0.29, 0.717) is 5.75 Å². The van der Waals surface area contributed by atoms with E-state index in [1.807, 2.05) is 0 Å². The standard InChI is InChI=1S/C28H46N2O/c1-5-9-17-29(18-10-6-2)22-25-21-24-15-13-14-16-26(24)27(28(25)31)23-30(19-11-7-3)20-12-8-4/h13-16,21,31H,5-12,17-20,22-23H2,1-4H3. The van der Waals surface area contributed by atoms with Crippen molar-refractivity contribution in [1.82, 2.24) is 9.80 Å². The summed E-state index contributed by atoms with van der Waals surface area (Å²) in [5.74, 6) is 0.523. The van der Waals surface area contributed by atoms with E-state index in [1.54, 1.807) is 0 Å². The molecule has 2 rings (SSSR count). The van der Waals surface area contributed by atoms with Crippen LogP contribution >= 0.6 is 0 Å². The molecule has 0 aliphatic heterocycles. The molecular weight excluding hydrogens is 380 g/mol. The number of hydrogen-bond acceptors (Lipinski definition) is 3. The third-order valence-electron chi connectivity index (χ3n) is 6.29. The van der Waals surface area contributed by atoms with Crippen LogP contribution in [0.2, 0.25) is 0 Å². The molecule has 3 heteroatoms. The molecule has 0 spiro atoms. The fourth-order valence-corrected chi connectivity index (χ4v) is 4.29. The van der Waals surface area contributed by atoms with Crippen LogP contribution in [0.25, 0.3) is 10.8 Å². The van der Waals surface area contributed by atoms with Gasteiger partial charge in [0.1, 0.15) is 5.75 Å². The van der Waals surface area contributed by atoms with Gasteiger partial charge in [-0.1, -0.05) is 77.6 Å². The first-order chi connectivity index (χ1) is 15.1. The number of phenols is 1. The molecule has 1 N–H and O–H groups in total. The number of aromatic hydroxyl groups is 1. The van der Waals surface area contributed by atoms with Gasteiger partial charge >= 0.3 is 0 Å². The van der Waals surface area contributed by atoms with Crippen molar-refractivity contribution in [1.29, 1.82) is 0 Å². The van der Waals surface area contributed by atoms with Crippen LogP contribution in [0.1, 0.15) is 90.2 Å². The molecule has 0 aliphatic rings. The minimum Gasteiger partial charge on any atom is -0.507 e. The average molecular weight is 427 g/mol. The number of hydrogen-bond donors (Lipinski definition) is 1. The summed E-state index contributed by atoms with van der Waals surface area (Å²) in [7, 11) is 0. The highest BCUT2D eigenvalue weighted by Crippen LogP contribution is 2.33. The summed E-state index contributed by atoms with van der Waals surface area (Å²) < 4.78 is 0. The Bertz CT molecular complexity index is 742. The van der Waals surface area contributed by atoms with Crippen molar-refractivity contribution in [3.8, 4) is 5.75 Å². The number of nitrogens with zero attached hydrogens (tertiary/aromatic N) is 2. The molecule has 0 unspecified atom stereocenters. The Balaban J connectivity index is 2.36. The van der Waals surface area contributed by atoms with Crippen LogP contribution in [0.15, 0.2) is 30.3 Å². The van der Waals surface area contributed by atoms with Gasteiger partial charge in [0.15, 0.2) is 0 Å². The van der Waals surface area contributed by atoms with Gasteiger partial charge in [0.25, 0.3) is 0 Å². The summed E-state index contributed by atoms with van der Waals surface area (Å²) in [5, 5.41) is 13.9. The van der Waals surface area contributed by atoms with Crippen molar-refractivity contribution in [2.45, 2.75) is 92.2 Å². The molecule has 2 aromatic carbocycles. The first-order valence-corrected chi connectivity index (χ1v) is 12.8. The zero-order valence-corrected chi connectivity index (χ0v) is 20.6. The molecule has 174 valence electrons. The quantitative estimate of drug-likeness (QED) is 0.304. The molecule has 0 saturated heterocycles. The lowest BCUT2D eigenvalue weighted by Crippen LogP contribution is -2.27. The number of unbranched alkanes of at least 4 members (excludes halogenated alkanes) is 4. The van der Waals surface area contributed by atoms with Crippen molar-refractivity contribution in [2.75, 3.05) is 26.2 Å². The van der Waals surface area contributed by atoms with Gasteiger partial charge in [0, 0.05) is 24.2 Å². The maximum atomic E-state index is 11.4. The fraction of sp³-hybridized carbons (Fsp3) is 0.643. The molecule has 0 aliphatic carbocycles. The number of fused-ring (bicyclic) bond motifs is 1. The van der Waals surface area contributed by atoms with Crippen molar-refractivity contribution >= 4 is 10.8 Å². The smallest absolute Gasteiger partial charge is 0.125 e. The zero-order valence-electron chi connectivity index (χ0n) is 20.6. The van der Waals surface area contributed by atoms with Crippen molar-refractivity contribution < 1.29 is 5.11 Å². The molecular formula is C28H46N2O. The molecule has 0 heterocycles. The summed E-state index contributed by atoms with van der Waals surface area (Å²) in [5.41, 5.74) is 2.21. The van der Waals surface area contributed by atoms with Crippen molar-refractivity contribution in [3.63, 3.8) is 0 Å². The van der Waals surface area contributed by atoms with Crippen LogP contribution in [-0.2, 0) is 13.1 Å². The molecule has 0 bridgehead atoms. The second-order valence-electron chi connectivity index (χ2n) is 9.05. The molecule has 2 aromatic rings. The Labute approximate surface area is 191 Å². The van der Waals surface area contributed by atoms with Gasteiger partial charge in [0.05, 0.1) is 0 Å². The van der Waals surface area contributed by atoms with E-state index >= 15 is 0 Å². The first-order valence-electron chi connectivity index (χ1n) is 12.8. The van der Waals surface area contributed by atoms with Crippen LogP contribution in [-0.4, -0.2) is 41.1 Å². The number of benzene rings is 2. The van der Waals surface area contributed by atoms with E-state index in [1.165, 1.54) is 62.1 Å². The van der Waals surface area contributed by atoms with Crippen molar-refractivity contribution in [2.24, 2.45) is 0 Å². The second kappa shape index (κ2) is 14.5. The van der Waals surface area contributed by atoms with E-state index < -0.39 is 0 Å². The fourth-order valence-electron chi connectivity index (χ4n) is 4.29. The summed E-state index contributed by atoms with van der Waals surface area (Å²) in [6, 6.07) is 10.8. The highest BCUT2D eigenvalue weighted by Gasteiger charge is 2.17. The van der Waals surface area contributed by atoms with E-state index in [-0.39, 0.29) is 0 Å². The Morgan fingerprint density at radius 2 is 1.16 bits per heavy atom. The van der Waals surface area contributed by atoms with E-state index in [9.17, 15) is 5.11 Å². The van der Waals surface area contributed by atoms with Gasteiger partial charge in [-0.2, -0.15) is 0 Å². The largest absolute Gasteiger partial charge is 0.507 e. The lowest BCUT2D eigenvalue weighted by molar-refractivity contribution is 0.247. The van der Waals surface area contributed by atoms with Crippen LogP contribution in [0.3, 0.4) is 0 Å². The molecule has 31 heavy (non-hydrogen) atoms. The van der Waals surface area contributed by atoms with Gasteiger partial charge in [-0.25, -0.2) is 0 Å². The van der Waals surface area contributed by atoms with Crippen LogP contribution < -0.4 is 0 Å². The topological polar surface area (TPSA) is 26.7 Å². The van der Waals surface area contributed by atoms with Crippen LogP contribution in [0.5, 0.6) is 5.75 Å². The highest BCUT2D eigenvalue weighted by molar-refractivity contribution is 5.88. The highest BCUT2D eigenvalue weighted by atomic mass is 16.3. The molecule has 0 fully saturated rings. The number of rotatable bonds is 16. The van der Waals surface area contributed by atoms with E-state index in [2.05, 4.69) is 67.8 Å². The van der Waals surface area contributed by atoms with Gasteiger partial charge in [-0.15, -0.1) is 0 Å². The molecule has 3 nitrogen and oxygen atoms in total. The van der Waals surface area contributed by atoms with E-state index in [4.69, 9.17) is 0 Å². The van der Waals surface area contributed by atoms with Gasteiger partial charge in [0.2, 0.25) is 0 Å². The first kappa shape index (κ1) is 25.7. The third-order valence-corrected chi connectivity index (χ3v) is 6.29. The zero-order chi connectivity index (χ0) is 22.5. The monoisotopic (exact) mass is 426 g/mol. The predicted octanol–water partition coefficient (Wildman–Crippen LogP) is 7.35. The van der Waals surface area contributed by atoms with Gasteiger partial charge in [-0.05, 0) is 68.7 Å². The minimum atomic E-state index is 0.523. The second-order valence-corrected chi connectivity index (χ2v) is 9.05. The SMILES string of the molecule is CCCCN(CCCC)Cc1cc2ccccc2c(CN(CCCC)CCCC)c1O. The van der Waals surface area contributed by atoms with Crippen LogP contribution in [0.4, 0.5) is 0 Å². The molecule has 0 atom stereocenters. The Hall–Kier alpha value is -1.58. The molecule has 0 aromatic heterocycles. The van der Waals surface area contributed by atoms with Crippen molar-refractivity contribution in [3.05, 3.63) is 41.5 Å². The minimum absolute atomic E-state index is 0.523. The Morgan fingerprint density at radius 3 is 1.68 bits per heavy atom. The maximum absolute atomic E-state index is 11.4. The summed E-state index contributed by atoms with van der Waals surface area (Å²) >= 11 is 0. The van der Waals surface area contributed by atoms with E-state index in [0.717, 1.165) is 50.4 Å². The Morgan fingerprint density at radius 1 is 0.677 bits per heavy atom. The van der Waals surface area contributed by atoms with Gasteiger partial charge < -0.3 is 5.11 Å². The normalized spacial score (nSPS) is 11.8. The third kappa shape index (κ3) is 8.12. The summed E-state index contributed by atoms with van der Waals surface area (Å²) in [6.07, 6.45) is 9.69. The van der Waals surface area contributed by atoms with Gasteiger partial charge in [-0.3, -0.25) is 9.80 Å². The maximum Gasteiger partial charge on any atom is 0.125 e. The molecule has 0 saturated carbocycles. The average Bonchev–Trinajstić information content (AvgIpc) is 2.79. The van der Waals surface area contributed by atoms with Crippen LogP contribution in [0, 0.1) is 0 Å². The molecule has 0 radical (unpaired) electrons. The lowest BCUT2D eigenvalue weighted by Gasteiger charge is -2.26. The summed E-state index contributed by atoms with van der Waals surface area (Å²) in [6.45, 7) is 15.1.